The van der Waals surface area contributed by atoms with E-state index in [0.29, 0.717) is 47.9 Å². The summed E-state index contributed by atoms with van der Waals surface area (Å²) in [5, 5.41) is 5.36. The maximum absolute atomic E-state index is 13.2. The topological polar surface area (TPSA) is 93.5 Å². The van der Waals surface area contributed by atoms with E-state index in [1.54, 1.807) is 16.4 Å². The van der Waals surface area contributed by atoms with Crippen LogP contribution in [0.5, 0.6) is 0 Å². The molecule has 0 bridgehead atoms. The van der Waals surface area contributed by atoms with Crippen LogP contribution < -0.4 is 10.9 Å². The minimum absolute atomic E-state index is 0.0673. The zero-order valence-electron chi connectivity index (χ0n) is 17.6. The van der Waals surface area contributed by atoms with Crippen molar-refractivity contribution in [2.45, 2.75) is 57.3 Å². The predicted octanol–water partition coefficient (Wildman–Crippen LogP) is 3.26. The average Bonchev–Trinajstić information content (AvgIpc) is 3.21. The molecule has 10 heteroatoms. The summed E-state index contributed by atoms with van der Waals surface area (Å²) in [6.07, 6.45) is 1.83. The van der Waals surface area contributed by atoms with E-state index in [9.17, 15) is 14.4 Å². The van der Waals surface area contributed by atoms with E-state index in [4.69, 9.17) is 4.74 Å². The normalized spacial score (nSPS) is 15.9. The minimum Gasteiger partial charge on any atom is -0.450 e. The molecule has 0 aromatic carbocycles. The fourth-order valence-corrected chi connectivity index (χ4v) is 5.04. The molecule has 0 spiro atoms. The van der Waals surface area contributed by atoms with Crippen molar-refractivity contribution in [3.05, 3.63) is 21.8 Å². The van der Waals surface area contributed by atoms with Gasteiger partial charge in [-0.1, -0.05) is 18.7 Å². The first-order valence-electron chi connectivity index (χ1n) is 10.3. The molecule has 2 amide bonds. The van der Waals surface area contributed by atoms with Gasteiger partial charge in [-0.25, -0.2) is 9.78 Å². The van der Waals surface area contributed by atoms with Gasteiger partial charge in [0.15, 0.2) is 5.16 Å². The molecule has 1 aliphatic rings. The highest BCUT2D eigenvalue weighted by Gasteiger charge is 2.28. The molecule has 3 rings (SSSR count). The number of carbonyl (C=O) groups excluding carboxylic acids is 2. The Kier molecular flexibility index (Phi) is 7.76. The number of nitrogens with zero attached hydrogens (tertiary/aromatic N) is 3. The number of carbonyl (C=O) groups is 2. The first-order chi connectivity index (χ1) is 14.4. The van der Waals surface area contributed by atoms with Gasteiger partial charge in [0.2, 0.25) is 5.91 Å². The third-order valence-electron chi connectivity index (χ3n) is 5.19. The second-order valence-corrected chi connectivity index (χ2v) is 9.15. The molecule has 1 fully saturated rings. The molecule has 0 saturated carbocycles. The zero-order chi connectivity index (χ0) is 21.7. The predicted molar refractivity (Wildman–Crippen MR) is 119 cm³/mol. The summed E-state index contributed by atoms with van der Waals surface area (Å²) in [4.78, 5) is 43.8. The van der Waals surface area contributed by atoms with Crippen LogP contribution in [0.1, 0.15) is 46.1 Å². The number of hydrogen-bond acceptors (Lipinski definition) is 7. The molecule has 0 radical (unpaired) electrons. The fourth-order valence-electron chi connectivity index (χ4n) is 3.40. The Bertz CT molecular complexity index is 950. The summed E-state index contributed by atoms with van der Waals surface area (Å²) < 4.78 is 7.43. The van der Waals surface area contributed by atoms with Gasteiger partial charge in [0.25, 0.3) is 5.56 Å². The third kappa shape index (κ3) is 5.15. The van der Waals surface area contributed by atoms with Gasteiger partial charge in [-0.05, 0) is 44.6 Å². The molecule has 1 N–H and O–H groups in total. The van der Waals surface area contributed by atoms with Crippen LogP contribution in [0.4, 0.5) is 4.79 Å². The number of likely N-dealkylation sites (tertiary alicyclic amines) is 1. The van der Waals surface area contributed by atoms with Gasteiger partial charge in [0.05, 0.1) is 17.9 Å². The Morgan fingerprint density at radius 3 is 2.77 bits per heavy atom. The largest absolute Gasteiger partial charge is 0.450 e. The molecule has 2 aromatic heterocycles. The van der Waals surface area contributed by atoms with E-state index in [-0.39, 0.29) is 35.4 Å². The Balaban J connectivity index is 1.80. The molecular weight excluding hydrogens is 424 g/mol. The molecule has 1 saturated heterocycles. The van der Waals surface area contributed by atoms with Crippen LogP contribution in [0.2, 0.25) is 0 Å². The smallest absolute Gasteiger partial charge is 0.409 e. The summed E-state index contributed by atoms with van der Waals surface area (Å²) >= 11 is 2.67. The minimum atomic E-state index is -0.313. The van der Waals surface area contributed by atoms with Gasteiger partial charge in [0.1, 0.15) is 4.70 Å². The van der Waals surface area contributed by atoms with Crippen LogP contribution >= 0.6 is 23.1 Å². The van der Waals surface area contributed by atoms with E-state index < -0.39 is 0 Å². The van der Waals surface area contributed by atoms with E-state index in [1.807, 2.05) is 25.3 Å². The van der Waals surface area contributed by atoms with E-state index in [1.165, 1.54) is 23.1 Å². The number of hydrogen-bond donors (Lipinski definition) is 1. The Labute approximate surface area is 184 Å². The lowest BCUT2D eigenvalue weighted by atomic mass is 10.1. The Hall–Kier alpha value is -2.07. The maximum atomic E-state index is 13.2. The number of aromatic nitrogens is 2. The highest BCUT2D eigenvalue weighted by Crippen LogP contribution is 2.28. The maximum Gasteiger partial charge on any atom is 0.409 e. The lowest BCUT2D eigenvalue weighted by molar-refractivity contribution is -0.119. The summed E-state index contributed by atoms with van der Waals surface area (Å²) in [6, 6.07) is 1.88. The number of rotatable bonds is 7. The highest BCUT2D eigenvalue weighted by atomic mass is 32.2. The number of thioether (sulfide) groups is 1. The first-order valence-corrected chi connectivity index (χ1v) is 12.1. The van der Waals surface area contributed by atoms with Gasteiger partial charge in [0, 0.05) is 25.2 Å². The first kappa shape index (κ1) is 22.6. The van der Waals surface area contributed by atoms with Crippen molar-refractivity contribution in [3.8, 4) is 0 Å². The quantitative estimate of drug-likeness (QED) is 0.512. The van der Waals surface area contributed by atoms with Gasteiger partial charge in [-0.15, -0.1) is 11.3 Å². The van der Waals surface area contributed by atoms with Crippen LogP contribution in [-0.2, 0) is 9.53 Å². The molecule has 30 heavy (non-hydrogen) atoms. The van der Waals surface area contributed by atoms with Crippen molar-refractivity contribution < 1.29 is 14.3 Å². The Morgan fingerprint density at radius 1 is 1.37 bits per heavy atom. The van der Waals surface area contributed by atoms with Gasteiger partial charge < -0.3 is 15.0 Å². The molecule has 2 aromatic rings. The second kappa shape index (κ2) is 10.3. The zero-order valence-corrected chi connectivity index (χ0v) is 19.2. The van der Waals surface area contributed by atoms with Gasteiger partial charge >= 0.3 is 6.09 Å². The SMILES string of the molecule is CCOC(=O)N1CCC(n2c(SCC(=O)NC(C)CC)nc3ccsc3c2=O)CC1. The number of fused-ring (bicyclic) bond motifs is 1. The molecule has 164 valence electrons. The average molecular weight is 453 g/mol. The standard InChI is InChI=1S/C20H28N4O4S2/c1-4-13(3)21-16(25)12-30-19-22-15-8-11-29-17(15)18(26)24(19)14-6-9-23(10-7-14)20(27)28-5-2/h8,11,13-14H,4-7,9-10,12H2,1-3H3,(H,21,25). The van der Waals surface area contributed by atoms with Crippen molar-refractivity contribution in [2.24, 2.45) is 0 Å². The van der Waals surface area contributed by atoms with Crippen LogP contribution in [0.15, 0.2) is 21.4 Å². The second-order valence-electron chi connectivity index (χ2n) is 7.29. The van der Waals surface area contributed by atoms with E-state index in [2.05, 4.69) is 10.3 Å². The highest BCUT2D eigenvalue weighted by molar-refractivity contribution is 7.99. The van der Waals surface area contributed by atoms with Crippen molar-refractivity contribution in [3.63, 3.8) is 0 Å². The summed E-state index contributed by atoms with van der Waals surface area (Å²) in [5.41, 5.74) is 0.587. The van der Waals surface area contributed by atoms with Crippen molar-refractivity contribution in [1.82, 2.24) is 19.8 Å². The van der Waals surface area contributed by atoms with Crippen LogP contribution in [0.3, 0.4) is 0 Å². The van der Waals surface area contributed by atoms with Crippen molar-refractivity contribution in [1.29, 1.82) is 0 Å². The van der Waals surface area contributed by atoms with E-state index >= 15 is 0 Å². The molecule has 1 aliphatic heterocycles. The fraction of sp³-hybridized carbons (Fsp3) is 0.600. The van der Waals surface area contributed by atoms with Crippen LogP contribution in [0.25, 0.3) is 10.2 Å². The van der Waals surface area contributed by atoms with Crippen LogP contribution in [-0.4, -0.2) is 57.9 Å². The molecule has 1 unspecified atom stereocenters. The third-order valence-corrected chi connectivity index (χ3v) is 7.03. The summed E-state index contributed by atoms with van der Waals surface area (Å²) in [5.74, 6) is 0.131. The molecule has 1 atom stereocenters. The van der Waals surface area contributed by atoms with Crippen molar-refractivity contribution >= 4 is 45.3 Å². The number of thiophene rings is 1. The lowest BCUT2D eigenvalue weighted by Gasteiger charge is -2.32. The number of amides is 2. The summed E-state index contributed by atoms with van der Waals surface area (Å²) in [7, 11) is 0. The van der Waals surface area contributed by atoms with Crippen molar-refractivity contribution in [2.75, 3.05) is 25.4 Å². The van der Waals surface area contributed by atoms with Gasteiger partial charge in [-0.3, -0.25) is 14.2 Å². The molecular formula is C20H28N4O4S2. The molecule has 3 heterocycles. The lowest BCUT2D eigenvalue weighted by Crippen LogP contribution is -2.41. The van der Waals surface area contributed by atoms with Crippen LogP contribution in [0, 0.1) is 0 Å². The number of nitrogens with one attached hydrogen (secondary N) is 1. The van der Waals surface area contributed by atoms with Gasteiger partial charge in [-0.2, -0.15) is 0 Å². The number of ether oxygens (including phenoxy) is 1. The summed E-state index contributed by atoms with van der Waals surface area (Å²) in [6.45, 7) is 7.16. The monoisotopic (exact) mass is 452 g/mol. The Morgan fingerprint density at radius 2 is 2.10 bits per heavy atom. The molecule has 0 aliphatic carbocycles. The molecule has 8 nitrogen and oxygen atoms in total. The van der Waals surface area contributed by atoms with E-state index in [0.717, 1.165) is 6.42 Å². The number of piperidine rings is 1.